The molecule has 0 spiro atoms. The second kappa shape index (κ2) is 6.67. The Hall–Kier alpha value is -1.26. The van der Waals surface area contributed by atoms with Crippen LogP contribution in [0.2, 0.25) is 10.0 Å². The van der Waals surface area contributed by atoms with E-state index < -0.39 is 0 Å². The van der Waals surface area contributed by atoms with Crippen LogP contribution in [0, 0.1) is 11.8 Å². The molecule has 0 aliphatic carbocycles. The lowest BCUT2D eigenvalue weighted by Crippen LogP contribution is -2.24. The van der Waals surface area contributed by atoms with Gasteiger partial charge in [0.15, 0.2) is 0 Å². The number of esters is 1. The fraction of sp³-hybridized carbons (Fsp3) is 0.467. The maximum absolute atomic E-state index is 12.2. The topological polar surface area (TPSA) is 55.4 Å². The van der Waals surface area contributed by atoms with Crippen molar-refractivity contribution in [2.45, 2.75) is 32.8 Å². The maximum atomic E-state index is 12.2. The number of nitrogens with one attached hydrogen (secondary N) is 1. The maximum Gasteiger partial charge on any atom is 0.309 e. The summed E-state index contributed by atoms with van der Waals surface area (Å²) in [7, 11) is 0. The van der Waals surface area contributed by atoms with Gasteiger partial charge in [-0.1, -0.05) is 30.1 Å². The summed E-state index contributed by atoms with van der Waals surface area (Å²) < 4.78 is 5.10. The lowest BCUT2D eigenvalue weighted by Gasteiger charge is -2.15. The minimum absolute atomic E-state index is 0.0662. The molecule has 1 N–H and O–H groups in total. The molecule has 1 aromatic carbocycles. The van der Waals surface area contributed by atoms with Crippen LogP contribution in [0.3, 0.4) is 0 Å². The molecule has 1 aliphatic rings. The molecule has 2 rings (SSSR count). The number of rotatable bonds is 4. The summed E-state index contributed by atoms with van der Waals surface area (Å²) in [6.45, 7) is 3.64. The molecule has 0 radical (unpaired) electrons. The number of carbonyl (C=O) groups is 2. The normalized spacial score (nSPS) is 22.8. The fourth-order valence-electron chi connectivity index (χ4n) is 2.41. The first kappa shape index (κ1) is 16.1. The fourth-order valence-corrected chi connectivity index (χ4v) is 2.87. The Kier molecular flexibility index (Phi) is 5.12. The number of benzene rings is 1. The number of amides is 1. The Morgan fingerprint density at radius 1 is 1.48 bits per heavy atom. The molecule has 1 saturated heterocycles. The van der Waals surface area contributed by atoms with E-state index in [1.807, 2.05) is 6.92 Å². The van der Waals surface area contributed by atoms with Gasteiger partial charge in [0.2, 0.25) is 5.91 Å². The van der Waals surface area contributed by atoms with E-state index in [4.69, 9.17) is 27.9 Å². The molecule has 21 heavy (non-hydrogen) atoms. The Morgan fingerprint density at radius 2 is 2.19 bits per heavy atom. The molecule has 6 heteroatoms. The highest BCUT2D eigenvalue weighted by atomic mass is 35.5. The number of halogens is 2. The Bertz CT molecular complexity index is 562. The van der Waals surface area contributed by atoms with Crippen molar-refractivity contribution >= 4 is 40.8 Å². The van der Waals surface area contributed by atoms with Crippen molar-refractivity contribution in [3.63, 3.8) is 0 Å². The van der Waals surface area contributed by atoms with Gasteiger partial charge in [-0.25, -0.2) is 0 Å². The van der Waals surface area contributed by atoms with E-state index in [-0.39, 0.29) is 29.8 Å². The number of anilines is 1. The van der Waals surface area contributed by atoms with Gasteiger partial charge < -0.3 is 10.1 Å². The van der Waals surface area contributed by atoms with Crippen molar-refractivity contribution in [3.05, 3.63) is 28.2 Å². The van der Waals surface area contributed by atoms with Gasteiger partial charge in [0.05, 0.1) is 22.7 Å². The zero-order valence-corrected chi connectivity index (χ0v) is 13.4. The summed E-state index contributed by atoms with van der Waals surface area (Å²) in [5.41, 5.74) is 0.514. The van der Waals surface area contributed by atoms with Gasteiger partial charge in [0.25, 0.3) is 0 Å². The van der Waals surface area contributed by atoms with Crippen LogP contribution < -0.4 is 5.32 Å². The molecule has 0 aromatic heterocycles. The Balaban J connectivity index is 1.95. The van der Waals surface area contributed by atoms with Crippen molar-refractivity contribution in [2.24, 2.45) is 11.8 Å². The van der Waals surface area contributed by atoms with Crippen molar-refractivity contribution in [1.82, 2.24) is 0 Å². The molecule has 1 heterocycles. The van der Waals surface area contributed by atoms with E-state index in [1.165, 1.54) is 0 Å². The van der Waals surface area contributed by atoms with Crippen LogP contribution in [0.15, 0.2) is 18.2 Å². The van der Waals surface area contributed by atoms with Crippen LogP contribution in [0.25, 0.3) is 0 Å². The first-order valence-corrected chi connectivity index (χ1v) is 7.59. The molecule has 4 nitrogen and oxygen atoms in total. The minimum Gasteiger partial charge on any atom is -0.462 e. The second-order valence-electron chi connectivity index (χ2n) is 5.43. The Labute approximate surface area is 133 Å². The van der Waals surface area contributed by atoms with Gasteiger partial charge in [0, 0.05) is 10.9 Å². The van der Waals surface area contributed by atoms with E-state index in [2.05, 4.69) is 5.32 Å². The summed E-state index contributed by atoms with van der Waals surface area (Å²) >= 11 is 11.8. The Morgan fingerprint density at radius 3 is 2.76 bits per heavy atom. The number of carbonyl (C=O) groups excluding carboxylic acids is 2. The van der Waals surface area contributed by atoms with Crippen molar-refractivity contribution in [3.8, 4) is 0 Å². The third-order valence-electron chi connectivity index (χ3n) is 3.54. The minimum atomic E-state index is -0.306. The summed E-state index contributed by atoms with van der Waals surface area (Å²) in [4.78, 5) is 23.8. The van der Waals surface area contributed by atoms with Gasteiger partial charge in [-0.05, 0) is 38.0 Å². The van der Waals surface area contributed by atoms with E-state index in [9.17, 15) is 9.59 Å². The number of hydrogen-bond acceptors (Lipinski definition) is 3. The third-order valence-corrected chi connectivity index (χ3v) is 4.09. The predicted molar refractivity (Wildman–Crippen MR) is 82.5 cm³/mol. The molecule has 1 fully saturated rings. The first-order valence-electron chi connectivity index (χ1n) is 6.83. The average Bonchev–Trinajstić information content (AvgIpc) is 2.71. The van der Waals surface area contributed by atoms with Crippen LogP contribution in [-0.2, 0) is 14.3 Å². The second-order valence-corrected chi connectivity index (χ2v) is 6.27. The van der Waals surface area contributed by atoms with Crippen molar-refractivity contribution in [2.75, 3.05) is 5.32 Å². The molecule has 0 bridgehead atoms. The summed E-state index contributed by atoms with van der Waals surface area (Å²) in [6.07, 6.45) is 1.07. The molecule has 3 atom stereocenters. The van der Waals surface area contributed by atoms with Gasteiger partial charge >= 0.3 is 5.97 Å². The summed E-state index contributed by atoms with van der Waals surface area (Å²) in [5, 5.41) is 3.65. The molecule has 1 amide bonds. The highest BCUT2D eigenvalue weighted by molar-refractivity contribution is 6.36. The molecule has 1 aromatic rings. The van der Waals surface area contributed by atoms with Gasteiger partial charge in [-0.15, -0.1) is 0 Å². The molecule has 0 saturated carbocycles. The van der Waals surface area contributed by atoms with Crippen LogP contribution >= 0.6 is 23.2 Å². The average molecular weight is 330 g/mol. The third kappa shape index (κ3) is 4.11. The standard InChI is InChI=1S/C15H17Cl2NO3/c1-8(5-10-6-9(2)21-15(10)20)14(19)18-13-4-3-11(16)7-12(13)17/h3-4,7-10H,5-6H2,1-2H3,(H,18,19)/t8-,9+,10+/m0/s1. The van der Waals surface area contributed by atoms with E-state index in [0.29, 0.717) is 28.6 Å². The number of cyclic esters (lactones) is 1. The SMILES string of the molecule is C[C@@H]1C[C@@H](C[C@H](C)C(=O)Nc2ccc(Cl)cc2Cl)C(=O)O1. The quantitative estimate of drug-likeness (QED) is 0.852. The molecular formula is C15H17Cl2NO3. The smallest absolute Gasteiger partial charge is 0.309 e. The molecule has 1 aliphatic heterocycles. The summed E-state index contributed by atoms with van der Waals surface area (Å²) in [6, 6.07) is 4.88. The monoisotopic (exact) mass is 329 g/mol. The van der Waals surface area contributed by atoms with Gasteiger partial charge in [-0.3, -0.25) is 9.59 Å². The van der Waals surface area contributed by atoms with Gasteiger partial charge in [0.1, 0.15) is 0 Å². The first-order chi connectivity index (χ1) is 9.86. The van der Waals surface area contributed by atoms with Gasteiger partial charge in [-0.2, -0.15) is 0 Å². The highest BCUT2D eigenvalue weighted by Crippen LogP contribution is 2.29. The van der Waals surface area contributed by atoms with Crippen LogP contribution in [-0.4, -0.2) is 18.0 Å². The van der Waals surface area contributed by atoms with Crippen molar-refractivity contribution < 1.29 is 14.3 Å². The zero-order chi connectivity index (χ0) is 15.6. The van der Waals surface area contributed by atoms with E-state index >= 15 is 0 Å². The molecular weight excluding hydrogens is 313 g/mol. The molecule has 0 unspecified atom stereocenters. The lowest BCUT2D eigenvalue weighted by molar-refractivity contribution is -0.144. The summed E-state index contributed by atoms with van der Waals surface area (Å²) in [5.74, 6) is -0.903. The van der Waals surface area contributed by atoms with Crippen LogP contribution in [0.4, 0.5) is 5.69 Å². The predicted octanol–water partition coefficient (Wildman–Crippen LogP) is 3.91. The zero-order valence-electron chi connectivity index (χ0n) is 11.9. The number of hydrogen-bond donors (Lipinski definition) is 1. The molecule has 114 valence electrons. The van der Waals surface area contributed by atoms with E-state index in [1.54, 1.807) is 25.1 Å². The van der Waals surface area contributed by atoms with Crippen LogP contribution in [0.5, 0.6) is 0 Å². The lowest BCUT2D eigenvalue weighted by atomic mass is 9.93. The highest BCUT2D eigenvalue weighted by Gasteiger charge is 2.34. The van der Waals surface area contributed by atoms with Crippen LogP contribution in [0.1, 0.15) is 26.7 Å². The number of ether oxygens (including phenoxy) is 1. The van der Waals surface area contributed by atoms with E-state index in [0.717, 1.165) is 0 Å². The largest absolute Gasteiger partial charge is 0.462 e. The van der Waals surface area contributed by atoms with Crippen molar-refractivity contribution in [1.29, 1.82) is 0 Å².